The zero-order valence-electron chi connectivity index (χ0n) is 5.35. The molecule has 0 atom stereocenters. The van der Waals surface area contributed by atoms with E-state index in [1.807, 2.05) is 12.2 Å². The SMILES string of the molecule is C=C/C=C/C(=C)CC. The second-order valence-electron chi connectivity index (χ2n) is 1.61. The molecule has 0 aromatic carbocycles. The fourth-order valence-electron chi connectivity index (χ4n) is 0.322. The molecule has 0 heterocycles. The summed E-state index contributed by atoms with van der Waals surface area (Å²) in [6.07, 6.45) is 6.63. The van der Waals surface area contributed by atoms with E-state index in [-0.39, 0.29) is 0 Å². The molecule has 44 valence electrons. The Kier molecular flexibility index (Phi) is 3.95. The van der Waals surface area contributed by atoms with E-state index in [2.05, 4.69) is 20.1 Å². The fourth-order valence-corrected chi connectivity index (χ4v) is 0.322. The highest BCUT2D eigenvalue weighted by atomic mass is 13.8. The van der Waals surface area contributed by atoms with Crippen LogP contribution in [0.5, 0.6) is 0 Å². The fraction of sp³-hybridized carbons (Fsp3) is 0.250. The van der Waals surface area contributed by atoms with Crippen LogP contribution in [0.1, 0.15) is 13.3 Å². The van der Waals surface area contributed by atoms with Crippen molar-refractivity contribution in [3.63, 3.8) is 0 Å². The Morgan fingerprint density at radius 1 is 1.62 bits per heavy atom. The second-order valence-corrected chi connectivity index (χ2v) is 1.61. The van der Waals surface area contributed by atoms with Crippen molar-refractivity contribution in [2.24, 2.45) is 0 Å². The van der Waals surface area contributed by atoms with Gasteiger partial charge in [0.15, 0.2) is 0 Å². The Morgan fingerprint density at radius 3 is 2.62 bits per heavy atom. The number of allylic oxidation sites excluding steroid dienone is 4. The summed E-state index contributed by atoms with van der Waals surface area (Å²) in [6.45, 7) is 9.39. The number of rotatable bonds is 3. The largest absolute Gasteiger partial charge is 0.0991 e. The summed E-state index contributed by atoms with van der Waals surface area (Å²) in [5, 5.41) is 0. The molecule has 0 heteroatoms. The van der Waals surface area contributed by atoms with Crippen LogP contribution in [-0.4, -0.2) is 0 Å². The van der Waals surface area contributed by atoms with E-state index in [9.17, 15) is 0 Å². The molecule has 0 aliphatic carbocycles. The van der Waals surface area contributed by atoms with E-state index in [0.717, 1.165) is 12.0 Å². The Bertz CT molecular complexity index is 107. The Labute approximate surface area is 51.2 Å². The minimum absolute atomic E-state index is 1.02. The maximum atomic E-state index is 3.78. The molecule has 0 amide bonds. The van der Waals surface area contributed by atoms with Crippen LogP contribution in [0.3, 0.4) is 0 Å². The molecule has 0 rings (SSSR count). The normalized spacial score (nSPS) is 9.62. The summed E-state index contributed by atoms with van der Waals surface area (Å²) in [5.41, 5.74) is 1.14. The summed E-state index contributed by atoms with van der Waals surface area (Å²) in [5.74, 6) is 0. The molecule has 8 heavy (non-hydrogen) atoms. The maximum absolute atomic E-state index is 3.78. The highest BCUT2D eigenvalue weighted by molar-refractivity contribution is 5.17. The third-order valence-corrected chi connectivity index (χ3v) is 0.922. The smallest absolute Gasteiger partial charge is 0.0313 e. The molecule has 0 fully saturated rings. The third kappa shape index (κ3) is 3.41. The van der Waals surface area contributed by atoms with Gasteiger partial charge in [-0.2, -0.15) is 0 Å². The van der Waals surface area contributed by atoms with E-state index in [1.54, 1.807) is 6.08 Å². The predicted octanol–water partition coefficient (Wildman–Crippen LogP) is 2.69. The summed E-state index contributed by atoms with van der Waals surface area (Å²) >= 11 is 0. The van der Waals surface area contributed by atoms with Crippen molar-refractivity contribution >= 4 is 0 Å². The molecule has 0 aromatic rings. The van der Waals surface area contributed by atoms with Crippen molar-refractivity contribution < 1.29 is 0 Å². The first-order valence-electron chi connectivity index (χ1n) is 2.78. The van der Waals surface area contributed by atoms with Gasteiger partial charge >= 0.3 is 0 Å². The van der Waals surface area contributed by atoms with Crippen molar-refractivity contribution in [1.29, 1.82) is 0 Å². The lowest BCUT2D eigenvalue weighted by Crippen LogP contribution is -1.65. The van der Waals surface area contributed by atoms with Gasteiger partial charge in [-0.3, -0.25) is 0 Å². The summed E-state index contributed by atoms with van der Waals surface area (Å²) in [6, 6.07) is 0. The van der Waals surface area contributed by atoms with Crippen molar-refractivity contribution in [2.75, 3.05) is 0 Å². The van der Waals surface area contributed by atoms with E-state index in [1.165, 1.54) is 0 Å². The maximum Gasteiger partial charge on any atom is -0.0313 e. The molecule has 0 aliphatic heterocycles. The summed E-state index contributed by atoms with van der Waals surface area (Å²) < 4.78 is 0. The minimum Gasteiger partial charge on any atom is -0.0991 e. The van der Waals surface area contributed by atoms with Gasteiger partial charge in [-0.25, -0.2) is 0 Å². The predicted molar refractivity (Wildman–Crippen MR) is 38.8 cm³/mol. The van der Waals surface area contributed by atoms with Crippen LogP contribution < -0.4 is 0 Å². The Balaban J connectivity index is 3.52. The Morgan fingerprint density at radius 2 is 2.25 bits per heavy atom. The zero-order chi connectivity index (χ0) is 6.41. The number of hydrogen-bond donors (Lipinski definition) is 0. The third-order valence-electron chi connectivity index (χ3n) is 0.922. The van der Waals surface area contributed by atoms with E-state index >= 15 is 0 Å². The zero-order valence-corrected chi connectivity index (χ0v) is 5.35. The molecule has 0 radical (unpaired) electrons. The first-order valence-corrected chi connectivity index (χ1v) is 2.78. The van der Waals surface area contributed by atoms with Gasteiger partial charge in [0.1, 0.15) is 0 Å². The van der Waals surface area contributed by atoms with Gasteiger partial charge in [-0.1, -0.05) is 43.9 Å². The molecule has 0 nitrogen and oxygen atoms in total. The van der Waals surface area contributed by atoms with Gasteiger partial charge in [0.2, 0.25) is 0 Å². The van der Waals surface area contributed by atoms with E-state index in [0.29, 0.717) is 0 Å². The quantitative estimate of drug-likeness (QED) is 0.487. The van der Waals surface area contributed by atoms with Gasteiger partial charge in [-0.15, -0.1) is 0 Å². The highest BCUT2D eigenvalue weighted by Crippen LogP contribution is 1.96. The van der Waals surface area contributed by atoms with Gasteiger partial charge < -0.3 is 0 Å². The van der Waals surface area contributed by atoms with Crippen molar-refractivity contribution in [3.05, 3.63) is 37.0 Å². The molecule has 0 unspecified atom stereocenters. The molecular formula is C8H12. The topological polar surface area (TPSA) is 0 Å². The second kappa shape index (κ2) is 4.38. The molecule has 0 saturated carbocycles. The van der Waals surface area contributed by atoms with Crippen LogP contribution in [0.25, 0.3) is 0 Å². The van der Waals surface area contributed by atoms with Crippen molar-refractivity contribution in [3.8, 4) is 0 Å². The number of hydrogen-bond acceptors (Lipinski definition) is 0. The molecule has 0 aromatic heterocycles. The molecule has 0 aliphatic rings. The lowest BCUT2D eigenvalue weighted by atomic mass is 10.2. The minimum atomic E-state index is 1.02. The summed E-state index contributed by atoms with van der Waals surface area (Å²) in [7, 11) is 0. The van der Waals surface area contributed by atoms with Crippen LogP contribution in [0, 0.1) is 0 Å². The lowest BCUT2D eigenvalue weighted by Gasteiger charge is -1.86. The van der Waals surface area contributed by atoms with Crippen LogP contribution in [0.2, 0.25) is 0 Å². The van der Waals surface area contributed by atoms with Gasteiger partial charge in [0.05, 0.1) is 0 Å². The van der Waals surface area contributed by atoms with E-state index in [4.69, 9.17) is 0 Å². The van der Waals surface area contributed by atoms with Gasteiger partial charge in [-0.05, 0) is 6.42 Å². The first kappa shape index (κ1) is 7.22. The Hall–Kier alpha value is -0.780. The standard InChI is InChI=1S/C8H12/c1-4-6-7-8(3)5-2/h4,6-7H,1,3,5H2,2H3/b7-6+. The van der Waals surface area contributed by atoms with Crippen LogP contribution >= 0.6 is 0 Å². The summed E-state index contributed by atoms with van der Waals surface area (Å²) in [4.78, 5) is 0. The molecule has 0 N–H and O–H groups in total. The first-order chi connectivity index (χ1) is 3.81. The van der Waals surface area contributed by atoms with Crippen LogP contribution in [-0.2, 0) is 0 Å². The van der Waals surface area contributed by atoms with Crippen molar-refractivity contribution in [1.82, 2.24) is 0 Å². The molecular weight excluding hydrogens is 96.1 g/mol. The average Bonchev–Trinajstić information content (AvgIpc) is 1.83. The van der Waals surface area contributed by atoms with E-state index < -0.39 is 0 Å². The monoisotopic (exact) mass is 108 g/mol. The molecule has 0 saturated heterocycles. The molecule has 0 bridgehead atoms. The lowest BCUT2D eigenvalue weighted by molar-refractivity contribution is 1.16. The van der Waals surface area contributed by atoms with Gasteiger partial charge in [0.25, 0.3) is 0 Å². The van der Waals surface area contributed by atoms with Crippen LogP contribution in [0.15, 0.2) is 37.0 Å². The van der Waals surface area contributed by atoms with Crippen molar-refractivity contribution in [2.45, 2.75) is 13.3 Å². The highest BCUT2D eigenvalue weighted by Gasteiger charge is 1.75. The van der Waals surface area contributed by atoms with Crippen LogP contribution in [0.4, 0.5) is 0 Å². The molecule has 0 spiro atoms. The average molecular weight is 108 g/mol. The van der Waals surface area contributed by atoms with Gasteiger partial charge in [0, 0.05) is 0 Å².